The molecule has 1 aliphatic rings. The molecule has 15 heavy (non-hydrogen) atoms. The van der Waals surface area contributed by atoms with E-state index in [4.69, 9.17) is 9.47 Å². The highest BCUT2D eigenvalue weighted by molar-refractivity contribution is 5.86. The molecule has 3 heteroatoms. The van der Waals surface area contributed by atoms with Gasteiger partial charge in [0, 0.05) is 26.2 Å². The first-order valence-electron chi connectivity index (χ1n) is 5.61. The summed E-state index contributed by atoms with van der Waals surface area (Å²) < 4.78 is 10.6. The Bertz CT molecular complexity index is 211. The molecule has 3 nitrogen and oxygen atoms in total. The van der Waals surface area contributed by atoms with Crippen molar-refractivity contribution in [3.05, 3.63) is 0 Å². The Morgan fingerprint density at radius 3 is 2.27 bits per heavy atom. The van der Waals surface area contributed by atoms with Gasteiger partial charge in [-0.25, -0.2) is 0 Å². The summed E-state index contributed by atoms with van der Waals surface area (Å²) >= 11 is 0. The maximum Gasteiger partial charge on any atom is 0.165 e. The van der Waals surface area contributed by atoms with Crippen molar-refractivity contribution in [2.45, 2.75) is 39.7 Å². The Kier molecular flexibility index (Phi) is 4.29. The van der Waals surface area contributed by atoms with E-state index < -0.39 is 0 Å². The van der Waals surface area contributed by atoms with Gasteiger partial charge in [-0.2, -0.15) is 0 Å². The highest BCUT2D eigenvalue weighted by Crippen LogP contribution is 2.28. The summed E-state index contributed by atoms with van der Waals surface area (Å²) in [6, 6.07) is 0. The molecule has 0 saturated carbocycles. The van der Waals surface area contributed by atoms with Gasteiger partial charge in [0.15, 0.2) is 5.78 Å². The van der Waals surface area contributed by atoms with Crippen LogP contribution in [0.1, 0.15) is 33.6 Å². The number of carbonyl (C=O) groups excluding carboxylic acids is 1. The standard InChI is InChI=1S/C12H22O3/c1-12(2,3)11(14-4)10(13)9-5-7-15-8-6-9/h9,11H,5-8H2,1-4H3. The molecule has 0 amide bonds. The molecule has 0 bridgehead atoms. The third-order valence-corrected chi connectivity index (χ3v) is 2.90. The first-order chi connectivity index (χ1) is 6.96. The Hall–Kier alpha value is -0.410. The van der Waals surface area contributed by atoms with Crippen molar-refractivity contribution < 1.29 is 14.3 Å². The lowest BCUT2D eigenvalue weighted by atomic mass is 9.80. The van der Waals surface area contributed by atoms with Crippen LogP contribution in [0.2, 0.25) is 0 Å². The predicted molar refractivity (Wildman–Crippen MR) is 58.8 cm³/mol. The second-order valence-corrected chi connectivity index (χ2v) is 5.27. The molecule has 1 unspecified atom stereocenters. The zero-order valence-corrected chi connectivity index (χ0v) is 10.2. The molecule has 0 radical (unpaired) electrons. The first-order valence-corrected chi connectivity index (χ1v) is 5.61. The van der Waals surface area contributed by atoms with Gasteiger partial charge >= 0.3 is 0 Å². The second kappa shape index (κ2) is 5.08. The zero-order chi connectivity index (χ0) is 11.5. The van der Waals surface area contributed by atoms with E-state index in [1.807, 2.05) is 20.8 Å². The first kappa shape index (κ1) is 12.7. The summed E-state index contributed by atoms with van der Waals surface area (Å²) in [6.45, 7) is 7.53. The maximum atomic E-state index is 12.2. The minimum atomic E-state index is -0.291. The highest BCUT2D eigenvalue weighted by atomic mass is 16.5. The lowest BCUT2D eigenvalue weighted by molar-refractivity contribution is -0.142. The molecule has 0 aromatic carbocycles. The number of carbonyl (C=O) groups is 1. The average Bonchev–Trinajstić information content (AvgIpc) is 2.18. The average molecular weight is 214 g/mol. The van der Waals surface area contributed by atoms with Gasteiger partial charge in [0.2, 0.25) is 0 Å². The molecule has 1 saturated heterocycles. The van der Waals surface area contributed by atoms with Gasteiger partial charge in [-0.1, -0.05) is 20.8 Å². The van der Waals surface area contributed by atoms with E-state index in [1.54, 1.807) is 7.11 Å². The van der Waals surface area contributed by atoms with Crippen molar-refractivity contribution in [3.8, 4) is 0 Å². The Morgan fingerprint density at radius 2 is 1.87 bits per heavy atom. The minimum Gasteiger partial charge on any atom is -0.381 e. The Balaban J connectivity index is 2.63. The van der Waals surface area contributed by atoms with E-state index in [-0.39, 0.29) is 23.2 Å². The summed E-state index contributed by atoms with van der Waals surface area (Å²) in [5.41, 5.74) is -0.121. The molecule has 0 N–H and O–H groups in total. The topological polar surface area (TPSA) is 35.5 Å². The molecule has 0 aliphatic carbocycles. The van der Waals surface area contributed by atoms with Crippen LogP contribution in [-0.4, -0.2) is 32.2 Å². The quantitative estimate of drug-likeness (QED) is 0.721. The van der Waals surface area contributed by atoms with Crippen LogP contribution < -0.4 is 0 Å². The minimum absolute atomic E-state index is 0.121. The fourth-order valence-electron chi connectivity index (χ4n) is 2.09. The Morgan fingerprint density at radius 1 is 1.33 bits per heavy atom. The van der Waals surface area contributed by atoms with Crippen LogP contribution in [0.15, 0.2) is 0 Å². The second-order valence-electron chi connectivity index (χ2n) is 5.27. The molecular formula is C12H22O3. The third-order valence-electron chi connectivity index (χ3n) is 2.90. The molecule has 0 aromatic heterocycles. The van der Waals surface area contributed by atoms with Crippen molar-refractivity contribution in [1.82, 2.24) is 0 Å². The van der Waals surface area contributed by atoms with E-state index in [1.165, 1.54) is 0 Å². The van der Waals surface area contributed by atoms with Crippen LogP contribution in [0.5, 0.6) is 0 Å². The summed E-state index contributed by atoms with van der Waals surface area (Å²) in [4.78, 5) is 12.2. The van der Waals surface area contributed by atoms with Crippen molar-refractivity contribution in [2.75, 3.05) is 20.3 Å². The lowest BCUT2D eigenvalue weighted by Gasteiger charge is -2.32. The molecule has 88 valence electrons. The molecule has 1 fully saturated rings. The van der Waals surface area contributed by atoms with Crippen molar-refractivity contribution in [2.24, 2.45) is 11.3 Å². The number of hydrogen-bond donors (Lipinski definition) is 0. The molecule has 0 spiro atoms. The van der Waals surface area contributed by atoms with E-state index in [0.29, 0.717) is 13.2 Å². The monoisotopic (exact) mass is 214 g/mol. The maximum absolute atomic E-state index is 12.2. The van der Waals surface area contributed by atoms with Gasteiger partial charge < -0.3 is 9.47 Å². The smallest absolute Gasteiger partial charge is 0.165 e. The third kappa shape index (κ3) is 3.28. The Labute approximate surface area is 92.1 Å². The number of Topliss-reactive ketones (excluding diaryl/α,β-unsaturated/α-hetero) is 1. The van der Waals surface area contributed by atoms with Gasteiger partial charge in [0.25, 0.3) is 0 Å². The van der Waals surface area contributed by atoms with Crippen LogP contribution >= 0.6 is 0 Å². The van der Waals surface area contributed by atoms with Crippen molar-refractivity contribution in [3.63, 3.8) is 0 Å². The van der Waals surface area contributed by atoms with Gasteiger partial charge in [-0.05, 0) is 18.3 Å². The van der Waals surface area contributed by atoms with E-state index in [9.17, 15) is 4.79 Å². The number of ether oxygens (including phenoxy) is 2. The summed E-state index contributed by atoms with van der Waals surface area (Å²) in [6.07, 6.45) is 1.39. The van der Waals surface area contributed by atoms with Gasteiger partial charge in [0.05, 0.1) is 0 Å². The number of methoxy groups -OCH3 is 1. The number of rotatable bonds is 3. The van der Waals surface area contributed by atoms with Crippen LogP contribution in [0.4, 0.5) is 0 Å². The molecule has 1 aliphatic heterocycles. The lowest BCUT2D eigenvalue weighted by Crippen LogP contribution is -2.41. The van der Waals surface area contributed by atoms with Gasteiger partial charge in [-0.3, -0.25) is 4.79 Å². The molecule has 1 atom stereocenters. The van der Waals surface area contributed by atoms with Crippen LogP contribution in [-0.2, 0) is 14.3 Å². The van der Waals surface area contributed by atoms with E-state index in [0.717, 1.165) is 12.8 Å². The predicted octanol–water partition coefficient (Wildman–Crippen LogP) is 2.04. The SMILES string of the molecule is COC(C(=O)C1CCOCC1)C(C)(C)C. The molecule has 0 aromatic rings. The van der Waals surface area contributed by atoms with Gasteiger partial charge in [-0.15, -0.1) is 0 Å². The fourth-order valence-corrected chi connectivity index (χ4v) is 2.09. The zero-order valence-electron chi connectivity index (χ0n) is 10.2. The largest absolute Gasteiger partial charge is 0.381 e. The van der Waals surface area contributed by atoms with Crippen LogP contribution in [0.25, 0.3) is 0 Å². The van der Waals surface area contributed by atoms with Crippen LogP contribution in [0.3, 0.4) is 0 Å². The summed E-state index contributed by atoms with van der Waals surface area (Å²) in [5, 5.41) is 0. The molecule has 1 heterocycles. The van der Waals surface area contributed by atoms with E-state index >= 15 is 0 Å². The van der Waals surface area contributed by atoms with Gasteiger partial charge in [0.1, 0.15) is 6.10 Å². The van der Waals surface area contributed by atoms with Crippen molar-refractivity contribution >= 4 is 5.78 Å². The number of hydrogen-bond acceptors (Lipinski definition) is 3. The number of ketones is 1. The normalized spacial score (nSPS) is 21.3. The summed E-state index contributed by atoms with van der Waals surface area (Å²) in [7, 11) is 1.62. The summed E-state index contributed by atoms with van der Waals surface area (Å²) in [5.74, 6) is 0.372. The molecule has 1 rings (SSSR count). The van der Waals surface area contributed by atoms with Crippen molar-refractivity contribution in [1.29, 1.82) is 0 Å². The van der Waals surface area contributed by atoms with Crippen LogP contribution in [0, 0.1) is 11.3 Å². The van der Waals surface area contributed by atoms with E-state index in [2.05, 4.69) is 0 Å². The fraction of sp³-hybridized carbons (Fsp3) is 0.917. The molecular weight excluding hydrogens is 192 g/mol. The highest BCUT2D eigenvalue weighted by Gasteiger charge is 2.35.